The van der Waals surface area contributed by atoms with E-state index in [-0.39, 0.29) is 17.9 Å². The number of nitriles is 1. The van der Waals surface area contributed by atoms with E-state index in [0.717, 1.165) is 16.8 Å². The molecule has 0 saturated carbocycles. The zero-order valence-corrected chi connectivity index (χ0v) is 19.9. The summed E-state index contributed by atoms with van der Waals surface area (Å²) < 4.78 is 5.32. The molecule has 1 fully saturated rings. The summed E-state index contributed by atoms with van der Waals surface area (Å²) >= 11 is 0. The maximum absolute atomic E-state index is 13.0. The Kier molecular flexibility index (Phi) is 6.24. The lowest BCUT2D eigenvalue weighted by atomic mass is 9.95. The average Bonchev–Trinajstić information content (AvgIpc) is 3.23. The average molecular weight is 443 g/mol. The molecule has 0 aliphatic carbocycles. The Morgan fingerprint density at radius 3 is 2.61 bits per heavy atom. The van der Waals surface area contributed by atoms with Gasteiger partial charge in [0.25, 0.3) is 5.91 Å². The highest BCUT2D eigenvalue weighted by molar-refractivity contribution is 5.95. The Morgan fingerprint density at radius 1 is 1.21 bits per heavy atom. The van der Waals surface area contributed by atoms with Crippen molar-refractivity contribution in [2.24, 2.45) is 0 Å². The van der Waals surface area contributed by atoms with E-state index in [1.807, 2.05) is 24.0 Å². The molecular weight excluding hydrogens is 412 g/mol. The molecule has 1 saturated heterocycles. The maximum Gasteiger partial charge on any atom is 0.257 e. The second-order valence-corrected chi connectivity index (χ2v) is 9.11. The second-order valence-electron chi connectivity index (χ2n) is 9.11. The molecule has 1 atom stereocenters. The lowest BCUT2D eigenvalue weighted by Gasteiger charge is -2.40. The summed E-state index contributed by atoms with van der Waals surface area (Å²) in [5.41, 5.74) is 5.41. The number of benzene rings is 1. The van der Waals surface area contributed by atoms with Gasteiger partial charge in [-0.3, -0.25) is 4.79 Å². The van der Waals surface area contributed by atoms with E-state index in [9.17, 15) is 10.1 Å². The largest absolute Gasteiger partial charge is 0.469 e. The molecule has 0 radical (unpaired) electrons. The van der Waals surface area contributed by atoms with Crippen molar-refractivity contribution in [1.29, 1.82) is 5.26 Å². The summed E-state index contributed by atoms with van der Waals surface area (Å²) in [4.78, 5) is 22.1. The maximum atomic E-state index is 13.0. The van der Waals surface area contributed by atoms with Gasteiger partial charge in [-0.1, -0.05) is 43.7 Å². The molecule has 2 aromatic heterocycles. The Balaban J connectivity index is 1.66. The lowest BCUT2D eigenvalue weighted by Crippen LogP contribution is -2.54. The van der Waals surface area contributed by atoms with Crippen LogP contribution in [0.1, 0.15) is 59.6 Å². The number of aryl methyl sites for hydroxylation is 2. The number of anilines is 1. The van der Waals surface area contributed by atoms with Crippen molar-refractivity contribution in [3.05, 3.63) is 70.8 Å². The molecule has 0 bridgehead atoms. The molecule has 1 aliphatic rings. The fourth-order valence-electron chi connectivity index (χ4n) is 4.54. The van der Waals surface area contributed by atoms with Crippen LogP contribution in [0.15, 0.2) is 47.1 Å². The van der Waals surface area contributed by atoms with Gasteiger partial charge in [0.1, 0.15) is 17.6 Å². The van der Waals surface area contributed by atoms with E-state index < -0.39 is 0 Å². The molecule has 33 heavy (non-hydrogen) atoms. The molecule has 1 aromatic carbocycles. The number of rotatable bonds is 4. The van der Waals surface area contributed by atoms with Crippen LogP contribution in [0.25, 0.3) is 11.1 Å². The summed E-state index contributed by atoms with van der Waals surface area (Å²) in [6, 6.07) is 14.4. The van der Waals surface area contributed by atoms with Crippen molar-refractivity contribution in [3.63, 3.8) is 0 Å². The Hall–Kier alpha value is -3.59. The quantitative estimate of drug-likeness (QED) is 0.548. The van der Waals surface area contributed by atoms with Crippen LogP contribution in [0.2, 0.25) is 0 Å². The van der Waals surface area contributed by atoms with Crippen LogP contribution in [-0.4, -0.2) is 41.5 Å². The summed E-state index contributed by atoms with van der Waals surface area (Å²) in [7, 11) is 0. The Bertz CT molecular complexity index is 1220. The number of furan rings is 1. The van der Waals surface area contributed by atoms with Gasteiger partial charge in [-0.25, -0.2) is 4.98 Å². The first-order chi connectivity index (χ1) is 15.8. The fourth-order valence-corrected chi connectivity index (χ4v) is 4.54. The van der Waals surface area contributed by atoms with Crippen LogP contribution in [0, 0.1) is 25.2 Å². The SMILES string of the molecule is Cc1cccc(-c2cc(C#N)c(N3CCN(C(=O)c4ccoc4C)C(C)C3)nc2C(C)C)c1. The summed E-state index contributed by atoms with van der Waals surface area (Å²) in [5.74, 6) is 1.53. The predicted molar refractivity (Wildman–Crippen MR) is 129 cm³/mol. The van der Waals surface area contributed by atoms with Gasteiger partial charge < -0.3 is 14.2 Å². The molecule has 3 aromatic rings. The number of carbonyl (C=O) groups is 1. The minimum absolute atomic E-state index is 0.0143. The minimum Gasteiger partial charge on any atom is -0.469 e. The number of piperazine rings is 1. The van der Waals surface area contributed by atoms with Crippen LogP contribution in [-0.2, 0) is 0 Å². The third-order valence-corrected chi connectivity index (χ3v) is 6.31. The van der Waals surface area contributed by atoms with E-state index in [1.165, 1.54) is 5.56 Å². The van der Waals surface area contributed by atoms with Crippen LogP contribution in [0.3, 0.4) is 0 Å². The summed E-state index contributed by atoms with van der Waals surface area (Å²) in [6.45, 7) is 12.0. The zero-order valence-electron chi connectivity index (χ0n) is 19.9. The van der Waals surface area contributed by atoms with Gasteiger partial charge in [-0.15, -0.1) is 0 Å². The molecular formula is C27H30N4O2. The lowest BCUT2D eigenvalue weighted by molar-refractivity contribution is 0.0672. The minimum atomic E-state index is -0.0205. The monoisotopic (exact) mass is 442 g/mol. The molecule has 1 amide bonds. The van der Waals surface area contributed by atoms with Gasteiger partial charge in [0.2, 0.25) is 0 Å². The molecule has 6 heteroatoms. The number of carbonyl (C=O) groups excluding carboxylic acids is 1. The number of hydrogen-bond acceptors (Lipinski definition) is 5. The highest BCUT2D eigenvalue weighted by Crippen LogP contribution is 2.34. The third kappa shape index (κ3) is 4.36. The van der Waals surface area contributed by atoms with E-state index in [1.54, 1.807) is 19.3 Å². The van der Waals surface area contributed by atoms with Crippen LogP contribution in [0.4, 0.5) is 5.82 Å². The van der Waals surface area contributed by atoms with Crippen LogP contribution >= 0.6 is 0 Å². The van der Waals surface area contributed by atoms with Gasteiger partial charge in [-0.2, -0.15) is 5.26 Å². The van der Waals surface area contributed by atoms with Crippen molar-refractivity contribution in [2.45, 2.75) is 46.6 Å². The third-order valence-electron chi connectivity index (χ3n) is 6.31. The number of aromatic nitrogens is 1. The van der Waals surface area contributed by atoms with Crippen molar-refractivity contribution in [2.75, 3.05) is 24.5 Å². The topological polar surface area (TPSA) is 73.4 Å². The highest BCUT2D eigenvalue weighted by atomic mass is 16.3. The number of nitrogens with zero attached hydrogens (tertiary/aromatic N) is 4. The molecule has 0 N–H and O–H groups in total. The first-order valence-corrected chi connectivity index (χ1v) is 11.4. The van der Waals surface area contributed by atoms with Crippen molar-refractivity contribution in [1.82, 2.24) is 9.88 Å². The van der Waals surface area contributed by atoms with Crippen molar-refractivity contribution in [3.8, 4) is 17.2 Å². The van der Waals surface area contributed by atoms with E-state index >= 15 is 0 Å². The van der Waals surface area contributed by atoms with E-state index in [0.29, 0.717) is 42.3 Å². The fraction of sp³-hybridized carbons (Fsp3) is 0.370. The molecule has 4 rings (SSSR count). The molecule has 170 valence electrons. The normalized spacial score (nSPS) is 16.2. The van der Waals surface area contributed by atoms with Gasteiger partial charge >= 0.3 is 0 Å². The summed E-state index contributed by atoms with van der Waals surface area (Å²) in [5, 5.41) is 9.97. The Morgan fingerprint density at radius 2 is 2.00 bits per heavy atom. The highest BCUT2D eigenvalue weighted by Gasteiger charge is 2.31. The van der Waals surface area contributed by atoms with E-state index in [4.69, 9.17) is 9.40 Å². The molecule has 3 heterocycles. The Labute approximate surface area is 195 Å². The molecule has 1 aliphatic heterocycles. The first-order valence-electron chi connectivity index (χ1n) is 11.4. The first kappa shape index (κ1) is 22.6. The van der Waals surface area contributed by atoms with Crippen LogP contribution < -0.4 is 4.90 Å². The van der Waals surface area contributed by atoms with Gasteiger partial charge in [0, 0.05) is 31.2 Å². The number of amides is 1. The van der Waals surface area contributed by atoms with Gasteiger partial charge in [-0.05, 0) is 44.4 Å². The zero-order chi connectivity index (χ0) is 23.7. The van der Waals surface area contributed by atoms with Crippen molar-refractivity contribution < 1.29 is 9.21 Å². The standard InChI is InChI=1S/C27H30N4O2/c1-17(2)25-24(21-8-6-7-18(3)13-21)14-22(15-28)26(29-25)30-10-11-31(19(4)16-30)27(32)23-9-12-33-20(23)5/h6-9,12-14,17,19H,10-11,16H2,1-5H3. The van der Waals surface area contributed by atoms with E-state index in [2.05, 4.69) is 49.9 Å². The van der Waals surface area contributed by atoms with Crippen molar-refractivity contribution >= 4 is 11.7 Å². The number of pyridine rings is 1. The van der Waals surface area contributed by atoms with Crippen LogP contribution in [0.5, 0.6) is 0 Å². The molecule has 1 unspecified atom stereocenters. The molecule has 0 spiro atoms. The molecule has 6 nitrogen and oxygen atoms in total. The smallest absolute Gasteiger partial charge is 0.257 e. The summed E-state index contributed by atoms with van der Waals surface area (Å²) in [6.07, 6.45) is 1.55. The predicted octanol–water partition coefficient (Wildman–Crippen LogP) is 5.30. The van der Waals surface area contributed by atoms with Gasteiger partial charge in [0.05, 0.1) is 23.1 Å². The van der Waals surface area contributed by atoms with Gasteiger partial charge in [0.15, 0.2) is 0 Å². The number of hydrogen-bond donors (Lipinski definition) is 0. The second kappa shape index (κ2) is 9.11.